The quantitative estimate of drug-likeness (QED) is 0.480. The first-order chi connectivity index (χ1) is 7.76. The Kier molecular flexibility index (Phi) is 5.05. The molecule has 0 aliphatic carbocycles. The van der Waals surface area contributed by atoms with Crippen molar-refractivity contribution in [2.24, 2.45) is 5.16 Å². The third kappa shape index (κ3) is 4.13. The van der Waals surface area contributed by atoms with Gasteiger partial charge in [-0.3, -0.25) is 10.2 Å². The number of nitrogens with zero attached hydrogens (tertiary/aromatic N) is 1. The molecule has 0 aliphatic heterocycles. The molecule has 1 amide bonds. The van der Waals surface area contributed by atoms with E-state index >= 15 is 0 Å². The topological polar surface area (TPSA) is 50.7 Å². The maximum atomic E-state index is 11.3. The van der Waals surface area contributed by atoms with Crippen LogP contribution in [0.3, 0.4) is 0 Å². The normalized spacial score (nSPS) is 9.38. The van der Waals surface area contributed by atoms with Crippen molar-refractivity contribution in [3.05, 3.63) is 30.3 Å². The molecule has 0 saturated heterocycles. The summed E-state index contributed by atoms with van der Waals surface area (Å²) in [5.74, 6) is 0. The third-order valence-electron chi connectivity index (χ3n) is 2.09. The van der Waals surface area contributed by atoms with Crippen LogP contribution < -0.4 is 5.32 Å². The summed E-state index contributed by atoms with van der Waals surface area (Å²) in [6.07, 6.45) is 1.01. The molecule has 0 bridgehead atoms. The first-order valence-electron chi connectivity index (χ1n) is 5.35. The molecule has 16 heavy (non-hydrogen) atoms. The van der Waals surface area contributed by atoms with Crippen LogP contribution >= 0.6 is 0 Å². The number of rotatable bonds is 4. The van der Waals surface area contributed by atoms with E-state index < -0.39 is 6.09 Å². The molecule has 0 atom stereocenters. The van der Waals surface area contributed by atoms with Crippen molar-refractivity contribution in [2.45, 2.75) is 26.7 Å². The Bertz CT molecular complexity index is 355. The predicted molar refractivity (Wildman–Crippen MR) is 64.6 cm³/mol. The van der Waals surface area contributed by atoms with Crippen molar-refractivity contribution in [1.29, 1.82) is 0 Å². The fraction of sp³-hybridized carbons (Fsp3) is 0.333. The van der Waals surface area contributed by atoms with E-state index in [0.717, 1.165) is 18.6 Å². The van der Waals surface area contributed by atoms with Crippen LogP contribution in [0, 0.1) is 0 Å². The highest BCUT2D eigenvalue weighted by atomic mass is 16.7. The van der Waals surface area contributed by atoms with Gasteiger partial charge < -0.3 is 0 Å². The molecule has 1 rings (SSSR count). The zero-order valence-corrected chi connectivity index (χ0v) is 9.56. The van der Waals surface area contributed by atoms with Gasteiger partial charge in [-0.2, -0.15) is 0 Å². The van der Waals surface area contributed by atoms with Gasteiger partial charge in [-0.25, -0.2) is 4.79 Å². The molecule has 0 heterocycles. The van der Waals surface area contributed by atoms with Crippen molar-refractivity contribution >= 4 is 17.5 Å². The number of anilines is 1. The summed E-state index contributed by atoms with van der Waals surface area (Å²) in [7, 11) is 0. The zero-order chi connectivity index (χ0) is 11.8. The summed E-state index contributed by atoms with van der Waals surface area (Å²) >= 11 is 0. The van der Waals surface area contributed by atoms with Crippen molar-refractivity contribution in [3.8, 4) is 0 Å². The molecule has 0 spiro atoms. The summed E-state index contributed by atoms with van der Waals surface area (Å²) < 4.78 is 0. The smallest absolute Gasteiger partial charge is 0.298 e. The van der Waals surface area contributed by atoms with Crippen LogP contribution in [0.4, 0.5) is 10.5 Å². The van der Waals surface area contributed by atoms with Gasteiger partial charge in [-0.1, -0.05) is 37.2 Å². The Labute approximate surface area is 95.3 Å². The molecular formula is C12H16N2O2. The Morgan fingerprint density at radius 2 is 1.88 bits per heavy atom. The molecule has 0 radical (unpaired) electrons. The van der Waals surface area contributed by atoms with Gasteiger partial charge in [0.1, 0.15) is 0 Å². The SMILES string of the molecule is CCC(CC)=NOC(=O)Nc1ccccc1. The highest BCUT2D eigenvalue weighted by Gasteiger charge is 2.02. The lowest BCUT2D eigenvalue weighted by atomic mass is 10.2. The number of hydrogen-bond donors (Lipinski definition) is 1. The van der Waals surface area contributed by atoms with Gasteiger partial charge in [-0.05, 0) is 25.0 Å². The van der Waals surface area contributed by atoms with E-state index in [1.54, 1.807) is 12.1 Å². The number of carbonyl (C=O) groups is 1. The van der Waals surface area contributed by atoms with E-state index in [1.807, 2.05) is 32.0 Å². The van der Waals surface area contributed by atoms with Gasteiger partial charge in [0.15, 0.2) is 0 Å². The number of hydrogen-bond acceptors (Lipinski definition) is 3. The molecular weight excluding hydrogens is 204 g/mol. The van der Waals surface area contributed by atoms with Crippen LogP contribution in [0.2, 0.25) is 0 Å². The Balaban J connectivity index is 2.45. The molecule has 0 aromatic heterocycles. The maximum Gasteiger partial charge on any atom is 0.437 e. The maximum absolute atomic E-state index is 11.3. The number of amides is 1. The minimum Gasteiger partial charge on any atom is -0.298 e. The summed E-state index contributed by atoms with van der Waals surface area (Å²) in [6.45, 7) is 3.95. The number of nitrogens with one attached hydrogen (secondary N) is 1. The molecule has 0 unspecified atom stereocenters. The standard InChI is InChI=1S/C12H16N2O2/c1-3-10(4-2)14-16-12(15)13-11-8-6-5-7-9-11/h5-9H,3-4H2,1-2H3,(H,13,15). The predicted octanol–water partition coefficient (Wildman–Crippen LogP) is 3.41. The first kappa shape index (κ1) is 12.2. The fourth-order valence-corrected chi connectivity index (χ4v) is 1.15. The van der Waals surface area contributed by atoms with Gasteiger partial charge in [0.05, 0.1) is 5.71 Å². The average molecular weight is 220 g/mol. The van der Waals surface area contributed by atoms with Gasteiger partial charge >= 0.3 is 6.09 Å². The highest BCUT2D eigenvalue weighted by molar-refractivity contribution is 5.87. The van der Waals surface area contributed by atoms with Crippen molar-refractivity contribution in [1.82, 2.24) is 0 Å². The van der Waals surface area contributed by atoms with Gasteiger partial charge in [-0.15, -0.1) is 0 Å². The van der Waals surface area contributed by atoms with Crippen molar-refractivity contribution in [3.63, 3.8) is 0 Å². The molecule has 4 heteroatoms. The third-order valence-corrected chi connectivity index (χ3v) is 2.09. The monoisotopic (exact) mass is 220 g/mol. The lowest BCUT2D eigenvalue weighted by Gasteiger charge is -2.03. The summed E-state index contributed by atoms with van der Waals surface area (Å²) in [5, 5.41) is 6.34. The van der Waals surface area contributed by atoms with Crippen molar-refractivity contribution in [2.75, 3.05) is 5.32 Å². The number of benzene rings is 1. The number of oxime groups is 1. The molecule has 1 aromatic carbocycles. The number of carbonyl (C=O) groups excluding carboxylic acids is 1. The van der Waals surface area contributed by atoms with Crippen molar-refractivity contribution < 1.29 is 9.63 Å². The highest BCUT2D eigenvalue weighted by Crippen LogP contribution is 2.05. The minimum absolute atomic E-state index is 0.564. The second-order valence-electron chi connectivity index (χ2n) is 3.23. The van der Waals surface area contributed by atoms with Crippen LogP contribution in [-0.2, 0) is 4.84 Å². The van der Waals surface area contributed by atoms with Gasteiger partial charge in [0, 0.05) is 5.69 Å². The summed E-state index contributed by atoms with van der Waals surface area (Å²) in [5.41, 5.74) is 1.56. The summed E-state index contributed by atoms with van der Waals surface area (Å²) in [4.78, 5) is 16.0. The summed E-state index contributed by atoms with van der Waals surface area (Å²) in [6, 6.07) is 9.11. The molecule has 4 nitrogen and oxygen atoms in total. The van der Waals surface area contributed by atoms with E-state index in [4.69, 9.17) is 4.84 Å². The lowest BCUT2D eigenvalue weighted by molar-refractivity contribution is 0.166. The Morgan fingerprint density at radius 1 is 1.25 bits per heavy atom. The largest absolute Gasteiger partial charge is 0.437 e. The lowest BCUT2D eigenvalue weighted by Crippen LogP contribution is -2.11. The Hall–Kier alpha value is -1.84. The molecule has 0 fully saturated rings. The molecule has 86 valence electrons. The zero-order valence-electron chi connectivity index (χ0n) is 9.56. The van der Waals surface area contributed by atoms with E-state index in [9.17, 15) is 4.79 Å². The average Bonchev–Trinajstić information content (AvgIpc) is 2.31. The van der Waals surface area contributed by atoms with Gasteiger partial charge in [0.2, 0.25) is 0 Å². The van der Waals surface area contributed by atoms with Crippen LogP contribution in [0.1, 0.15) is 26.7 Å². The van der Waals surface area contributed by atoms with E-state index in [2.05, 4.69) is 10.5 Å². The fourth-order valence-electron chi connectivity index (χ4n) is 1.15. The number of para-hydroxylation sites is 1. The van der Waals surface area contributed by atoms with Crippen LogP contribution in [0.5, 0.6) is 0 Å². The second kappa shape index (κ2) is 6.61. The Morgan fingerprint density at radius 3 is 2.44 bits per heavy atom. The van der Waals surface area contributed by atoms with E-state index in [0.29, 0.717) is 5.69 Å². The molecule has 0 saturated carbocycles. The van der Waals surface area contributed by atoms with Crippen LogP contribution in [-0.4, -0.2) is 11.8 Å². The molecule has 1 N–H and O–H groups in total. The minimum atomic E-state index is -0.564. The van der Waals surface area contributed by atoms with E-state index in [1.165, 1.54) is 0 Å². The second-order valence-corrected chi connectivity index (χ2v) is 3.23. The van der Waals surface area contributed by atoms with Crippen LogP contribution in [0.15, 0.2) is 35.5 Å². The van der Waals surface area contributed by atoms with E-state index in [-0.39, 0.29) is 0 Å². The van der Waals surface area contributed by atoms with Gasteiger partial charge in [0.25, 0.3) is 0 Å². The first-order valence-corrected chi connectivity index (χ1v) is 5.35. The molecule has 1 aromatic rings. The van der Waals surface area contributed by atoms with Crippen LogP contribution in [0.25, 0.3) is 0 Å². The molecule has 0 aliphatic rings.